The molecule has 3 heteroatoms. The number of aromatic nitrogens is 3. The number of pyridine rings is 2. The fraction of sp³-hybridized carbons (Fsp3) is 0. The summed E-state index contributed by atoms with van der Waals surface area (Å²) in [7, 11) is 0. The van der Waals surface area contributed by atoms with E-state index in [9.17, 15) is 0 Å². The SMILES string of the molecule is c1cc(-c2nccc3ccccc23)cc(-n2c3ccccc3c3ccc(-c4ccc5ccccc5n4)cc32)c1. The molecule has 0 bridgehead atoms. The molecule has 8 rings (SSSR count). The van der Waals surface area contributed by atoms with E-state index in [0.717, 1.165) is 50.0 Å². The zero-order chi connectivity index (χ0) is 25.8. The fourth-order valence-corrected chi connectivity index (χ4v) is 5.78. The first-order valence-electron chi connectivity index (χ1n) is 13.2. The highest BCUT2D eigenvalue weighted by atomic mass is 15.0. The molecule has 3 nitrogen and oxygen atoms in total. The van der Waals surface area contributed by atoms with Gasteiger partial charge in [0.2, 0.25) is 0 Å². The van der Waals surface area contributed by atoms with Gasteiger partial charge in [0.05, 0.1) is 27.9 Å². The van der Waals surface area contributed by atoms with Crippen LogP contribution in [0.15, 0.2) is 140 Å². The van der Waals surface area contributed by atoms with Crippen LogP contribution < -0.4 is 0 Å². The van der Waals surface area contributed by atoms with E-state index in [4.69, 9.17) is 9.97 Å². The molecule has 0 aliphatic carbocycles. The Hall–Kier alpha value is -5.28. The maximum absolute atomic E-state index is 4.97. The predicted octanol–water partition coefficient (Wildman–Crippen LogP) is 9.21. The summed E-state index contributed by atoms with van der Waals surface area (Å²) in [4.78, 5) is 9.76. The van der Waals surface area contributed by atoms with Crippen LogP contribution in [0.3, 0.4) is 0 Å². The van der Waals surface area contributed by atoms with Crippen LogP contribution >= 0.6 is 0 Å². The number of nitrogens with zero attached hydrogens (tertiary/aromatic N) is 3. The van der Waals surface area contributed by atoms with Crippen molar-refractivity contribution in [2.45, 2.75) is 0 Å². The van der Waals surface area contributed by atoms with E-state index in [2.05, 4.69) is 132 Å². The second kappa shape index (κ2) is 8.64. The molecule has 182 valence electrons. The van der Waals surface area contributed by atoms with Crippen LogP contribution in [0.1, 0.15) is 0 Å². The van der Waals surface area contributed by atoms with E-state index < -0.39 is 0 Å². The highest BCUT2D eigenvalue weighted by molar-refractivity contribution is 6.10. The van der Waals surface area contributed by atoms with Crippen LogP contribution in [0.25, 0.3) is 71.7 Å². The second-order valence-electron chi connectivity index (χ2n) is 9.90. The lowest BCUT2D eigenvalue weighted by atomic mass is 10.0. The summed E-state index contributed by atoms with van der Waals surface area (Å²) in [6.45, 7) is 0. The van der Waals surface area contributed by atoms with E-state index >= 15 is 0 Å². The minimum Gasteiger partial charge on any atom is -0.309 e. The number of hydrogen-bond donors (Lipinski definition) is 0. The van der Waals surface area contributed by atoms with Crippen molar-refractivity contribution in [2.75, 3.05) is 0 Å². The van der Waals surface area contributed by atoms with E-state index in [1.807, 2.05) is 12.3 Å². The van der Waals surface area contributed by atoms with Gasteiger partial charge in [-0.2, -0.15) is 0 Å². The summed E-state index contributed by atoms with van der Waals surface area (Å²) in [5, 5.41) is 5.96. The van der Waals surface area contributed by atoms with Gasteiger partial charge in [0, 0.05) is 44.6 Å². The molecular formula is C36H23N3. The van der Waals surface area contributed by atoms with Gasteiger partial charge in [-0.3, -0.25) is 4.98 Å². The van der Waals surface area contributed by atoms with Crippen LogP contribution in [0.4, 0.5) is 0 Å². The Morgan fingerprint density at radius 3 is 2.23 bits per heavy atom. The van der Waals surface area contributed by atoms with Gasteiger partial charge in [-0.1, -0.05) is 91.0 Å². The molecule has 0 N–H and O–H groups in total. The van der Waals surface area contributed by atoms with Gasteiger partial charge >= 0.3 is 0 Å². The molecule has 0 saturated carbocycles. The topological polar surface area (TPSA) is 30.7 Å². The molecule has 5 aromatic carbocycles. The van der Waals surface area contributed by atoms with Crippen molar-refractivity contribution in [3.05, 3.63) is 140 Å². The minimum atomic E-state index is 0.973. The molecule has 0 saturated heterocycles. The summed E-state index contributed by atoms with van der Waals surface area (Å²) >= 11 is 0. The quantitative estimate of drug-likeness (QED) is 0.244. The third kappa shape index (κ3) is 3.52. The second-order valence-corrected chi connectivity index (χ2v) is 9.90. The number of hydrogen-bond acceptors (Lipinski definition) is 2. The van der Waals surface area contributed by atoms with Crippen molar-refractivity contribution in [3.63, 3.8) is 0 Å². The molecule has 3 aromatic heterocycles. The largest absolute Gasteiger partial charge is 0.309 e. The third-order valence-electron chi connectivity index (χ3n) is 7.62. The van der Waals surface area contributed by atoms with Crippen LogP contribution in [0.5, 0.6) is 0 Å². The van der Waals surface area contributed by atoms with Gasteiger partial charge in [-0.15, -0.1) is 0 Å². The van der Waals surface area contributed by atoms with Gasteiger partial charge < -0.3 is 4.57 Å². The normalized spacial score (nSPS) is 11.6. The Bertz CT molecular complexity index is 2180. The first-order valence-corrected chi connectivity index (χ1v) is 13.2. The van der Waals surface area contributed by atoms with Crippen LogP contribution in [-0.4, -0.2) is 14.5 Å². The van der Waals surface area contributed by atoms with Crippen molar-refractivity contribution in [1.29, 1.82) is 0 Å². The number of benzene rings is 5. The molecule has 0 radical (unpaired) electrons. The van der Waals surface area contributed by atoms with Crippen molar-refractivity contribution >= 4 is 43.5 Å². The monoisotopic (exact) mass is 497 g/mol. The first-order chi connectivity index (χ1) is 19.3. The Morgan fingerprint density at radius 2 is 1.28 bits per heavy atom. The minimum absolute atomic E-state index is 0.973. The van der Waals surface area contributed by atoms with Crippen molar-refractivity contribution < 1.29 is 0 Å². The molecular weight excluding hydrogens is 474 g/mol. The van der Waals surface area contributed by atoms with Gasteiger partial charge in [-0.05, 0) is 47.9 Å². The highest BCUT2D eigenvalue weighted by Crippen LogP contribution is 2.36. The lowest BCUT2D eigenvalue weighted by Gasteiger charge is -2.12. The zero-order valence-electron chi connectivity index (χ0n) is 21.1. The Labute approximate surface area is 225 Å². The predicted molar refractivity (Wildman–Crippen MR) is 162 cm³/mol. The van der Waals surface area contributed by atoms with Gasteiger partial charge in [0.1, 0.15) is 0 Å². The Morgan fingerprint density at radius 1 is 0.487 bits per heavy atom. The summed E-state index contributed by atoms with van der Waals surface area (Å²) in [6, 6.07) is 47.1. The standard InChI is InChI=1S/C36H23N3/c1-3-12-29-24(8-1)20-21-37-36(29)27-10-7-11-28(22-27)39-34-15-6-4-13-30(34)31-18-16-26(23-35(31)39)33-19-17-25-9-2-5-14-32(25)38-33/h1-23H. The fourth-order valence-electron chi connectivity index (χ4n) is 5.78. The third-order valence-corrected chi connectivity index (χ3v) is 7.62. The van der Waals surface area contributed by atoms with Crippen molar-refractivity contribution in [2.24, 2.45) is 0 Å². The zero-order valence-corrected chi connectivity index (χ0v) is 21.1. The molecule has 0 spiro atoms. The maximum Gasteiger partial charge on any atom is 0.0781 e. The van der Waals surface area contributed by atoms with Crippen LogP contribution in [0, 0.1) is 0 Å². The molecule has 0 unspecified atom stereocenters. The lowest BCUT2D eigenvalue weighted by molar-refractivity contribution is 1.18. The van der Waals surface area contributed by atoms with E-state index in [1.54, 1.807) is 0 Å². The first kappa shape index (κ1) is 21.8. The molecule has 0 fully saturated rings. The van der Waals surface area contributed by atoms with E-state index in [1.165, 1.54) is 21.7 Å². The highest BCUT2D eigenvalue weighted by Gasteiger charge is 2.15. The summed E-state index contributed by atoms with van der Waals surface area (Å²) in [5.74, 6) is 0. The Kier molecular flexibility index (Phi) is 4.82. The lowest BCUT2D eigenvalue weighted by Crippen LogP contribution is -1.95. The number of fused-ring (bicyclic) bond motifs is 5. The average molecular weight is 498 g/mol. The molecule has 39 heavy (non-hydrogen) atoms. The van der Waals surface area contributed by atoms with Crippen molar-refractivity contribution in [1.82, 2.24) is 14.5 Å². The number of rotatable bonds is 3. The van der Waals surface area contributed by atoms with E-state index in [0.29, 0.717) is 0 Å². The van der Waals surface area contributed by atoms with Crippen molar-refractivity contribution in [3.8, 4) is 28.2 Å². The van der Waals surface area contributed by atoms with Crippen LogP contribution in [-0.2, 0) is 0 Å². The van der Waals surface area contributed by atoms with E-state index in [-0.39, 0.29) is 0 Å². The molecule has 0 atom stereocenters. The smallest absolute Gasteiger partial charge is 0.0781 e. The molecule has 3 heterocycles. The van der Waals surface area contributed by atoms with Gasteiger partial charge in [0.25, 0.3) is 0 Å². The molecule has 8 aromatic rings. The maximum atomic E-state index is 4.97. The van der Waals surface area contributed by atoms with Crippen LogP contribution in [0.2, 0.25) is 0 Å². The summed E-state index contributed by atoms with van der Waals surface area (Å²) in [5.41, 5.74) is 8.62. The van der Waals surface area contributed by atoms with Gasteiger partial charge in [0.15, 0.2) is 0 Å². The average Bonchev–Trinajstić information content (AvgIpc) is 3.34. The summed E-state index contributed by atoms with van der Waals surface area (Å²) in [6.07, 6.45) is 1.90. The summed E-state index contributed by atoms with van der Waals surface area (Å²) < 4.78 is 2.36. The number of para-hydroxylation sites is 2. The molecule has 0 aliphatic heterocycles. The molecule has 0 amide bonds. The Balaban J connectivity index is 1.36. The molecule has 0 aliphatic rings. The van der Waals surface area contributed by atoms with Gasteiger partial charge in [-0.25, -0.2) is 4.98 Å².